The first-order valence-electron chi connectivity index (χ1n) is 8.38. The Labute approximate surface area is 162 Å². The van der Waals surface area contributed by atoms with Crippen LogP contribution in [0.1, 0.15) is 18.4 Å². The minimum absolute atomic E-state index is 0.154. The van der Waals surface area contributed by atoms with Crippen molar-refractivity contribution < 1.29 is 9.59 Å². The Hall–Kier alpha value is -2.24. The number of hydrogen-bond acceptors (Lipinski definition) is 2. The largest absolute Gasteiger partial charge is 0.350 e. The molecule has 3 rings (SSSR count). The van der Waals surface area contributed by atoms with Crippen LogP contribution in [0.5, 0.6) is 0 Å². The van der Waals surface area contributed by atoms with Crippen molar-refractivity contribution in [2.45, 2.75) is 25.4 Å². The van der Waals surface area contributed by atoms with Gasteiger partial charge in [-0.15, -0.1) is 0 Å². The fourth-order valence-corrected chi connectivity index (χ4v) is 3.27. The molecular weight excluding hydrogens is 373 g/mol. The van der Waals surface area contributed by atoms with E-state index in [9.17, 15) is 9.59 Å². The number of benzene rings is 2. The third-order valence-electron chi connectivity index (χ3n) is 4.27. The van der Waals surface area contributed by atoms with E-state index in [0.29, 0.717) is 35.2 Å². The Morgan fingerprint density at radius 1 is 1.08 bits per heavy atom. The molecule has 1 saturated heterocycles. The van der Waals surface area contributed by atoms with Crippen LogP contribution in [0.3, 0.4) is 0 Å². The summed E-state index contributed by atoms with van der Waals surface area (Å²) in [4.78, 5) is 26.6. The topological polar surface area (TPSA) is 61.4 Å². The smallest absolute Gasteiger partial charge is 0.322 e. The van der Waals surface area contributed by atoms with Gasteiger partial charge in [0.2, 0.25) is 5.91 Å². The first-order valence-corrected chi connectivity index (χ1v) is 9.14. The van der Waals surface area contributed by atoms with Crippen LogP contribution in [0.15, 0.2) is 48.5 Å². The van der Waals surface area contributed by atoms with Gasteiger partial charge in [0.25, 0.3) is 0 Å². The van der Waals surface area contributed by atoms with Crippen LogP contribution in [0, 0.1) is 0 Å². The Kier molecular flexibility index (Phi) is 6.01. The molecule has 7 heteroatoms. The Balaban J connectivity index is 1.58. The number of likely N-dealkylation sites (tertiary alicyclic amines) is 1. The molecule has 1 aliphatic rings. The molecule has 1 heterocycles. The molecule has 1 fully saturated rings. The van der Waals surface area contributed by atoms with Crippen molar-refractivity contribution in [1.82, 2.24) is 10.2 Å². The first kappa shape index (κ1) is 18.5. The van der Waals surface area contributed by atoms with Gasteiger partial charge in [0.15, 0.2) is 0 Å². The maximum Gasteiger partial charge on any atom is 0.322 e. The van der Waals surface area contributed by atoms with E-state index in [2.05, 4.69) is 10.6 Å². The number of anilines is 1. The maximum absolute atomic E-state index is 12.5. The predicted molar refractivity (Wildman–Crippen MR) is 103 cm³/mol. The van der Waals surface area contributed by atoms with Crippen molar-refractivity contribution in [3.8, 4) is 0 Å². The minimum atomic E-state index is -0.471. The number of hydrogen-bond donors (Lipinski definition) is 2. The summed E-state index contributed by atoms with van der Waals surface area (Å²) in [5, 5.41) is 6.89. The zero-order valence-corrected chi connectivity index (χ0v) is 15.6. The maximum atomic E-state index is 12.5. The van der Waals surface area contributed by atoms with Gasteiger partial charge < -0.3 is 15.5 Å². The summed E-state index contributed by atoms with van der Waals surface area (Å²) in [6, 6.07) is 13.4. The summed E-state index contributed by atoms with van der Waals surface area (Å²) in [7, 11) is 0. The first-order chi connectivity index (χ1) is 12.5. The van der Waals surface area contributed by atoms with Gasteiger partial charge >= 0.3 is 6.03 Å². The molecule has 5 nitrogen and oxygen atoms in total. The average Bonchev–Trinajstić information content (AvgIpc) is 3.11. The zero-order chi connectivity index (χ0) is 18.5. The van der Waals surface area contributed by atoms with Crippen molar-refractivity contribution in [2.75, 3.05) is 11.9 Å². The number of halogens is 2. The Bertz CT molecular complexity index is 796. The summed E-state index contributed by atoms with van der Waals surface area (Å²) in [6.45, 7) is 0.946. The molecule has 2 aromatic carbocycles. The summed E-state index contributed by atoms with van der Waals surface area (Å²) in [5.41, 5.74) is 1.56. The number of nitrogens with one attached hydrogen (secondary N) is 2. The van der Waals surface area contributed by atoms with Crippen molar-refractivity contribution in [2.24, 2.45) is 0 Å². The van der Waals surface area contributed by atoms with Gasteiger partial charge in [0.05, 0.1) is 0 Å². The van der Waals surface area contributed by atoms with Gasteiger partial charge in [-0.05, 0) is 48.7 Å². The molecule has 1 unspecified atom stereocenters. The van der Waals surface area contributed by atoms with Crippen LogP contribution < -0.4 is 10.6 Å². The molecule has 0 radical (unpaired) electrons. The monoisotopic (exact) mass is 391 g/mol. The van der Waals surface area contributed by atoms with Crippen LogP contribution in [0.2, 0.25) is 10.0 Å². The fourth-order valence-electron chi connectivity index (χ4n) is 2.95. The molecule has 136 valence electrons. The second-order valence-electron chi connectivity index (χ2n) is 6.14. The van der Waals surface area contributed by atoms with Crippen molar-refractivity contribution in [3.05, 3.63) is 64.1 Å². The highest BCUT2D eigenvalue weighted by Crippen LogP contribution is 2.21. The van der Waals surface area contributed by atoms with E-state index in [1.807, 2.05) is 12.1 Å². The van der Waals surface area contributed by atoms with Crippen LogP contribution in [-0.2, 0) is 11.3 Å². The molecule has 0 aromatic heterocycles. The number of rotatable bonds is 4. The third-order valence-corrected chi connectivity index (χ3v) is 4.76. The second-order valence-corrected chi connectivity index (χ2v) is 7.01. The molecule has 0 saturated carbocycles. The van der Waals surface area contributed by atoms with Gasteiger partial charge in [-0.3, -0.25) is 4.79 Å². The molecular formula is C19H19Cl2N3O2. The molecule has 2 N–H and O–H groups in total. The molecule has 0 bridgehead atoms. The molecule has 3 amide bonds. The number of carbonyl (C=O) groups excluding carboxylic acids is 2. The van der Waals surface area contributed by atoms with Crippen LogP contribution >= 0.6 is 23.2 Å². The summed E-state index contributed by atoms with van der Waals surface area (Å²) in [6.07, 6.45) is 1.44. The molecule has 2 aromatic rings. The highest BCUT2D eigenvalue weighted by Gasteiger charge is 2.34. The van der Waals surface area contributed by atoms with Crippen LogP contribution in [-0.4, -0.2) is 29.4 Å². The van der Waals surface area contributed by atoms with Crippen molar-refractivity contribution >= 4 is 40.8 Å². The molecule has 1 atom stereocenters. The molecule has 26 heavy (non-hydrogen) atoms. The Morgan fingerprint density at radius 3 is 2.58 bits per heavy atom. The van der Waals surface area contributed by atoms with E-state index in [-0.39, 0.29) is 11.9 Å². The standard InChI is InChI=1S/C19H19Cl2N3O2/c20-14-8-6-13(7-9-14)12-22-18(25)17-5-2-10-24(17)19(26)23-16-4-1-3-15(21)11-16/h1,3-4,6-9,11,17H,2,5,10,12H2,(H,22,25)(H,23,26). The van der Waals surface area contributed by atoms with E-state index >= 15 is 0 Å². The number of amides is 3. The van der Waals surface area contributed by atoms with E-state index in [0.717, 1.165) is 12.0 Å². The van der Waals surface area contributed by atoms with Gasteiger partial charge in [0.1, 0.15) is 6.04 Å². The normalized spacial score (nSPS) is 16.4. The number of urea groups is 1. The fraction of sp³-hybridized carbons (Fsp3) is 0.263. The SMILES string of the molecule is O=C(NCc1ccc(Cl)cc1)C1CCCN1C(=O)Nc1cccc(Cl)c1. The van der Waals surface area contributed by atoms with Crippen LogP contribution in [0.25, 0.3) is 0 Å². The van der Waals surface area contributed by atoms with E-state index < -0.39 is 6.04 Å². The summed E-state index contributed by atoms with van der Waals surface area (Å²) < 4.78 is 0. The minimum Gasteiger partial charge on any atom is -0.350 e. The van der Waals surface area contributed by atoms with Gasteiger partial charge in [-0.25, -0.2) is 4.79 Å². The lowest BCUT2D eigenvalue weighted by Gasteiger charge is -2.24. The molecule has 0 aliphatic carbocycles. The highest BCUT2D eigenvalue weighted by molar-refractivity contribution is 6.31. The third kappa shape index (κ3) is 4.68. The zero-order valence-electron chi connectivity index (χ0n) is 14.0. The number of nitrogens with zero attached hydrogens (tertiary/aromatic N) is 1. The number of carbonyl (C=O) groups is 2. The van der Waals surface area contributed by atoms with Gasteiger partial charge in [-0.1, -0.05) is 41.4 Å². The van der Waals surface area contributed by atoms with Crippen molar-refractivity contribution in [3.63, 3.8) is 0 Å². The summed E-state index contributed by atoms with van der Waals surface area (Å²) >= 11 is 11.8. The van der Waals surface area contributed by atoms with Gasteiger partial charge in [-0.2, -0.15) is 0 Å². The van der Waals surface area contributed by atoms with Crippen LogP contribution in [0.4, 0.5) is 10.5 Å². The van der Waals surface area contributed by atoms with Gasteiger partial charge in [0, 0.05) is 28.8 Å². The van der Waals surface area contributed by atoms with Crippen molar-refractivity contribution in [1.29, 1.82) is 0 Å². The second kappa shape index (κ2) is 8.43. The highest BCUT2D eigenvalue weighted by atomic mass is 35.5. The lowest BCUT2D eigenvalue weighted by Crippen LogP contribution is -2.47. The predicted octanol–water partition coefficient (Wildman–Crippen LogP) is 4.31. The molecule has 1 aliphatic heterocycles. The van der Waals surface area contributed by atoms with E-state index in [4.69, 9.17) is 23.2 Å². The Morgan fingerprint density at radius 2 is 1.85 bits per heavy atom. The average molecular weight is 392 g/mol. The van der Waals surface area contributed by atoms with E-state index in [1.54, 1.807) is 41.3 Å². The lowest BCUT2D eigenvalue weighted by molar-refractivity contribution is -0.124. The lowest BCUT2D eigenvalue weighted by atomic mass is 10.2. The summed E-state index contributed by atoms with van der Waals surface area (Å²) in [5.74, 6) is -0.154. The molecule has 0 spiro atoms. The van der Waals surface area contributed by atoms with E-state index in [1.165, 1.54) is 0 Å². The quantitative estimate of drug-likeness (QED) is 0.815.